The van der Waals surface area contributed by atoms with Crippen molar-refractivity contribution in [2.45, 2.75) is 12.0 Å². The molecule has 4 nitrogen and oxygen atoms in total. The Hall–Kier alpha value is -1.10. The highest BCUT2D eigenvalue weighted by molar-refractivity contribution is 5.39. The highest BCUT2D eigenvalue weighted by Gasteiger charge is 2.24. The second-order valence-electron chi connectivity index (χ2n) is 4.98. The summed E-state index contributed by atoms with van der Waals surface area (Å²) in [7, 11) is 3.78. The van der Waals surface area contributed by atoms with Crippen LogP contribution in [0.5, 0.6) is 5.75 Å². The molecular formula is C14H22N2O2. The SMILES string of the molecule is COCC(N)CN(C)CC1COc2ccccc21. The number of likely N-dealkylation sites (N-methyl/N-ethyl adjacent to an activating group) is 1. The number of benzene rings is 1. The van der Waals surface area contributed by atoms with E-state index in [1.54, 1.807) is 7.11 Å². The Kier molecular flexibility index (Phi) is 4.58. The maximum atomic E-state index is 5.96. The van der Waals surface area contributed by atoms with E-state index in [1.165, 1.54) is 5.56 Å². The first kappa shape index (κ1) is 13.3. The number of hydrogen-bond acceptors (Lipinski definition) is 4. The summed E-state index contributed by atoms with van der Waals surface area (Å²) < 4.78 is 10.7. The van der Waals surface area contributed by atoms with Crippen molar-refractivity contribution in [2.75, 3.05) is 40.5 Å². The van der Waals surface area contributed by atoms with Gasteiger partial charge in [0.1, 0.15) is 5.75 Å². The minimum Gasteiger partial charge on any atom is -0.493 e. The van der Waals surface area contributed by atoms with Gasteiger partial charge in [-0.05, 0) is 13.1 Å². The summed E-state index contributed by atoms with van der Waals surface area (Å²) in [4.78, 5) is 2.25. The molecule has 2 unspecified atom stereocenters. The topological polar surface area (TPSA) is 47.7 Å². The summed E-state index contributed by atoms with van der Waals surface area (Å²) in [5.41, 5.74) is 7.27. The van der Waals surface area contributed by atoms with E-state index < -0.39 is 0 Å². The highest BCUT2D eigenvalue weighted by Crippen LogP contribution is 2.33. The van der Waals surface area contributed by atoms with Crippen LogP contribution in [0, 0.1) is 0 Å². The van der Waals surface area contributed by atoms with Gasteiger partial charge in [-0.15, -0.1) is 0 Å². The van der Waals surface area contributed by atoms with Crippen molar-refractivity contribution in [2.24, 2.45) is 5.73 Å². The number of ether oxygens (including phenoxy) is 2. The molecule has 1 aliphatic heterocycles. The van der Waals surface area contributed by atoms with Crippen LogP contribution in [-0.2, 0) is 4.74 Å². The van der Waals surface area contributed by atoms with Crippen LogP contribution < -0.4 is 10.5 Å². The third kappa shape index (κ3) is 3.22. The predicted molar refractivity (Wildman–Crippen MR) is 72.0 cm³/mol. The van der Waals surface area contributed by atoms with Gasteiger partial charge >= 0.3 is 0 Å². The van der Waals surface area contributed by atoms with Crippen molar-refractivity contribution in [3.63, 3.8) is 0 Å². The van der Waals surface area contributed by atoms with Crippen molar-refractivity contribution >= 4 is 0 Å². The zero-order valence-electron chi connectivity index (χ0n) is 11.1. The van der Waals surface area contributed by atoms with Gasteiger partial charge in [0, 0.05) is 37.7 Å². The summed E-state index contributed by atoms with van der Waals surface area (Å²) in [6.07, 6.45) is 0. The van der Waals surface area contributed by atoms with Gasteiger partial charge in [0.2, 0.25) is 0 Å². The van der Waals surface area contributed by atoms with Crippen LogP contribution in [0.2, 0.25) is 0 Å². The minimum atomic E-state index is 0.0672. The Bertz CT molecular complexity index is 384. The molecule has 18 heavy (non-hydrogen) atoms. The lowest BCUT2D eigenvalue weighted by atomic mass is 10.0. The van der Waals surface area contributed by atoms with Crippen molar-refractivity contribution < 1.29 is 9.47 Å². The molecule has 2 atom stereocenters. The fourth-order valence-electron chi connectivity index (χ4n) is 2.50. The van der Waals surface area contributed by atoms with E-state index in [4.69, 9.17) is 15.2 Å². The third-order valence-electron chi connectivity index (χ3n) is 3.26. The average molecular weight is 250 g/mol. The first-order valence-corrected chi connectivity index (χ1v) is 6.35. The standard InChI is InChI=1S/C14H22N2O2/c1-16(8-12(15)10-17-2)7-11-9-18-14-6-4-3-5-13(11)14/h3-6,11-12H,7-10,15H2,1-2H3. The Balaban J connectivity index is 1.87. The number of rotatable bonds is 6. The van der Waals surface area contributed by atoms with E-state index >= 15 is 0 Å². The minimum absolute atomic E-state index is 0.0672. The summed E-state index contributed by atoms with van der Waals surface area (Å²) in [6.45, 7) is 3.17. The van der Waals surface area contributed by atoms with E-state index in [0.717, 1.165) is 25.4 Å². The molecule has 0 aromatic heterocycles. The highest BCUT2D eigenvalue weighted by atomic mass is 16.5. The fourth-order valence-corrected chi connectivity index (χ4v) is 2.50. The van der Waals surface area contributed by atoms with Crippen LogP contribution >= 0.6 is 0 Å². The first-order valence-electron chi connectivity index (χ1n) is 6.35. The molecule has 0 spiro atoms. The van der Waals surface area contributed by atoms with Gasteiger partial charge < -0.3 is 20.1 Å². The van der Waals surface area contributed by atoms with Crippen LogP contribution in [0.25, 0.3) is 0 Å². The van der Waals surface area contributed by atoms with Gasteiger partial charge in [0.25, 0.3) is 0 Å². The second-order valence-corrected chi connectivity index (χ2v) is 4.98. The zero-order chi connectivity index (χ0) is 13.0. The monoisotopic (exact) mass is 250 g/mol. The zero-order valence-corrected chi connectivity index (χ0v) is 11.1. The largest absolute Gasteiger partial charge is 0.493 e. The van der Waals surface area contributed by atoms with Gasteiger partial charge in [-0.25, -0.2) is 0 Å². The van der Waals surface area contributed by atoms with E-state index in [-0.39, 0.29) is 6.04 Å². The molecule has 2 N–H and O–H groups in total. The lowest BCUT2D eigenvalue weighted by molar-refractivity contribution is 0.158. The molecule has 1 aliphatic rings. The quantitative estimate of drug-likeness (QED) is 0.820. The fraction of sp³-hybridized carbons (Fsp3) is 0.571. The molecule has 0 aliphatic carbocycles. The summed E-state index contributed by atoms with van der Waals surface area (Å²) in [6, 6.07) is 8.33. The Morgan fingerprint density at radius 3 is 3.06 bits per heavy atom. The van der Waals surface area contributed by atoms with Gasteiger partial charge in [0.15, 0.2) is 0 Å². The maximum Gasteiger partial charge on any atom is 0.122 e. The molecule has 100 valence electrons. The molecule has 2 rings (SSSR count). The van der Waals surface area contributed by atoms with E-state index in [2.05, 4.69) is 24.1 Å². The van der Waals surface area contributed by atoms with Crippen molar-refractivity contribution in [1.82, 2.24) is 4.90 Å². The summed E-state index contributed by atoms with van der Waals surface area (Å²) >= 11 is 0. The Morgan fingerprint density at radius 1 is 1.50 bits per heavy atom. The molecule has 1 aromatic carbocycles. The molecular weight excluding hydrogens is 228 g/mol. The lowest BCUT2D eigenvalue weighted by Crippen LogP contribution is -2.40. The second kappa shape index (κ2) is 6.18. The number of nitrogens with zero attached hydrogens (tertiary/aromatic N) is 1. The van der Waals surface area contributed by atoms with Crippen LogP contribution in [0.3, 0.4) is 0 Å². The molecule has 0 saturated carbocycles. The molecule has 0 bridgehead atoms. The molecule has 1 heterocycles. The van der Waals surface area contributed by atoms with Crippen molar-refractivity contribution in [1.29, 1.82) is 0 Å². The Morgan fingerprint density at radius 2 is 2.28 bits per heavy atom. The Labute approximate surface area is 109 Å². The van der Waals surface area contributed by atoms with Gasteiger partial charge in [-0.2, -0.15) is 0 Å². The van der Waals surface area contributed by atoms with Crippen LogP contribution in [0.15, 0.2) is 24.3 Å². The van der Waals surface area contributed by atoms with Crippen LogP contribution in [0.1, 0.15) is 11.5 Å². The molecule has 1 aromatic rings. The lowest BCUT2D eigenvalue weighted by Gasteiger charge is -2.23. The molecule has 0 fully saturated rings. The normalized spacial score (nSPS) is 19.7. The number of para-hydroxylation sites is 1. The molecule has 0 saturated heterocycles. The summed E-state index contributed by atoms with van der Waals surface area (Å²) in [5.74, 6) is 1.47. The van der Waals surface area contributed by atoms with E-state index in [9.17, 15) is 0 Å². The first-order chi connectivity index (χ1) is 8.70. The number of nitrogens with two attached hydrogens (primary N) is 1. The number of methoxy groups -OCH3 is 1. The van der Waals surface area contributed by atoms with Gasteiger partial charge in [0.05, 0.1) is 13.2 Å². The van der Waals surface area contributed by atoms with Gasteiger partial charge in [-0.1, -0.05) is 18.2 Å². The average Bonchev–Trinajstić information content (AvgIpc) is 2.73. The number of fused-ring (bicyclic) bond motifs is 1. The molecule has 4 heteroatoms. The van der Waals surface area contributed by atoms with E-state index in [1.807, 2.05) is 12.1 Å². The molecule has 0 radical (unpaired) electrons. The third-order valence-corrected chi connectivity index (χ3v) is 3.26. The van der Waals surface area contributed by atoms with Crippen molar-refractivity contribution in [3.8, 4) is 5.75 Å². The molecule has 0 amide bonds. The van der Waals surface area contributed by atoms with Crippen molar-refractivity contribution in [3.05, 3.63) is 29.8 Å². The van der Waals surface area contributed by atoms with Crippen LogP contribution in [-0.4, -0.2) is 51.4 Å². The number of hydrogen-bond donors (Lipinski definition) is 1. The van der Waals surface area contributed by atoms with E-state index in [0.29, 0.717) is 12.5 Å². The predicted octanol–water partition coefficient (Wildman–Crippen LogP) is 1.07. The maximum absolute atomic E-state index is 5.96. The smallest absolute Gasteiger partial charge is 0.122 e. The van der Waals surface area contributed by atoms with Gasteiger partial charge in [-0.3, -0.25) is 0 Å². The van der Waals surface area contributed by atoms with Crippen LogP contribution in [0.4, 0.5) is 0 Å². The summed E-state index contributed by atoms with van der Waals surface area (Å²) in [5, 5.41) is 0.